The van der Waals surface area contributed by atoms with Crippen LogP contribution in [-0.2, 0) is 6.42 Å². The molecule has 0 saturated carbocycles. The van der Waals surface area contributed by atoms with Crippen molar-refractivity contribution in [3.05, 3.63) is 11.1 Å². The van der Waals surface area contributed by atoms with E-state index in [0.717, 1.165) is 18.7 Å². The van der Waals surface area contributed by atoms with E-state index >= 15 is 0 Å². The molecule has 9 heavy (non-hydrogen) atoms. The topological polar surface area (TPSA) is 63.8 Å². The number of hydrogen-bond donors (Lipinski definition) is 2. The second kappa shape index (κ2) is 3.49. The van der Waals surface area contributed by atoms with Crippen LogP contribution in [-0.4, -0.2) is 16.1 Å². The first-order chi connectivity index (χ1) is 4.43. The Kier molecular flexibility index (Phi) is 2.56. The van der Waals surface area contributed by atoms with E-state index in [1.807, 2.05) is 5.38 Å². The van der Waals surface area contributed by atoms with Gasteiger partial charge >= 0.3 is 0 Å². The predicted octanol–water partition coefficient (Wildman–Crippen LogP) is -0.456. The summed E-state index contributed by atoms with van der Waals surface area (Å²) in [5, 5.41) is 5.74. The Morgan fingerprint density at radius 3 is 3.22 bits per heavy atom. The monoisotopic (exact) mass is 144 g/mol. The van der Waals surface area contributed by atoms with Crippen LogP contribution in [0.3, 0.4) is 0 Å². The van der Waals surface area contributed by atoms with E-state index in [9.17, 15) is 0 Å². The molecule has 50 valence electrons. The summed E-state index contributed by atoms with van der Waals surface area (Å²) in [7, 11) is 0. The zero-order valence-electron chi connectivity index (χ0n) is 4.87. The maximum atomic E-state index is 5.05. The van der Waals surface area contributed by atoms with E-state index in [2.05, 4.69) is 15.0 Å². The van der Waals surface area contributed by atoms with Crippen molar-refractivity contribution in [2.45, 2.75) is 6.42 Å². The number of nitrogens with one attached hydrogen (secondary N) is 1. The Labute approximate surface area is 57.2 Å². The van der Waals surface area contributed by atoms with Crippen LogP contribution in [0.15, 0.2) is 5.38 Å². The minimum atomic E-state index is 0.755. The molecule has 1 heterocycles. The molecule has 0 bridgehead atoms. The zero-order valence-corrected chi connectivity index (χ0v) is 5.69. The lowest BCUT2D eigenvalue weighted by atomic mass is 10.3. The van der Waals surface area contributed by atoms with Crippen molar-refractivity contribution < 1.29 is 0 Å². The molecule has 1 aromatic rings. The van der Waals surface area contributed by atoms with Gasteiger partial charge in [-0.1, -0.05) is 4.49 Å². The van der Waals surface area contributed by atoms with Gasteiger partial charge in [0, 0.05) is 18.3 Å². The highest BCUT2D eigenvalue weighted by atomic mass is 32.1. The zero-order chi connectivity index (χ0) is 6.53. The molecule has 1 rings (SSSR count). The largest absolute Gasteiger partial charge is 0.271 e. The first kappa shape index (κ1) is 6.60. The van der Waals surface area contributed by atoms with Gasteiger partial charge in [-0.05, 0) is 11.5 Å². The molecule has 0 aliphatic heterocycles. The molecule has 4 nitrogen and oxygen atoms in total. The summed E-state index contributed by atoms with van der Waals surface area (Å²) in [6, 6.07) is 0. The number of hydrogen-bond acceptors (Lipinski definition) is 5. The van der Waals surface area contributed by atoms with Crippen molar-refractivity contribution in [3.63, 3.8) is 0 Å². The quantitative estimate of drug-likeness (QED) is 0.445. The van der Waals surface area contributed by atoms with E-state index in [4.69, 9.17) is 5.84 Å². The lowest BCUT2D eigenvalue weighted by Crippen LogP contribution is -2.24. The van der Waals surface area contributed by atoms with Crippen molar-refractivity contribution in [2.75, 3.05) is 6.54 Å². The van der Waals surface area contributed by atoms with Gasteiger partial charge in [0.25, 0.3) is 0 Å². The van der Waals surface area contributed by atoms with Crippen molar-refractivity contribution in [3.8, 4) is 0 Å². The number of hydrazine groups is 1. The SMILES string of the molecule is NNCCc1csnn1. The fourth-order valence-corrected chi connectivity index (χ4v) is 0.979. The Morgan fingerprint density at radius 2 is 2.67 bits per heavy atom. The second-order valence-corrected chi connectivity index (χ2v) is 2.21. The van der Waals surface area contributed by atoms with Crippen molar-refractivity contribution in [1.82, 2.24) is 15.0 Å². The van der Waals surface area contributed by atoms with E-state index < -0.39 is 0 Å². The van der Waals surface area contributed by atoms with Crippen LogP contribution in [0.1, 0.15) is 5.69 Å². The average molecular weight is 144 g/mol. The molecule has 0 aromatic carbocycles. The third-order valence-corrected chi connectivity index (χ3v) is 1.48. The van der Waals surface area contributed by atoms with Crippen molar-refractivity contribution in [2.24, 2.45) is 5.84 Å². The molecular weight excluding hydrogens is 136 g/mol. The van der Waals surface area contributed by atoms with E-state index in [-0.39, 0.29) is 0 Å². The van der Waals surface area contributed by atoms with Gasteiger partial charge in [-0.25, -0.2) is 0 Å². The molecular formula is C4H8N4S. The average Bonchev–Trinajstić information content (AvgIpc) is 2.34. The van der Waals surface area contributed by atoms with Gasteiger partial charge in [0.1, 0.15) is 0 Å². The lowest BCUT2D eigenvalue weighted by Gasteiger charge is -1.91. The Balaban J connectivity index is 2.30. The summed E-state index contributed by atoms with van der Waals surface area (Å²) in [5.74, 6) is 5.05. The van der Waals surface area contributed by atoms with E-state index in [0.29, 0.717) is 0 Å². The molecule has 0 spiro atoms. The Morgan fingerprint density at radius 1 is 1.78 bits per heavy atom. The minimum Gasteiger partial charge on any atom is -0.271 e. The van der Waals surface area contributed by atoms with E-state index in [1.165, 1.54) is 11.5 Å². The van der Waals surface area contributed by atoms with Crippen LogP contribution in [0, 0.1) is 0 Å². The van der Waals surface area contributed by atoms with Crippen LogP contribution in [0.25, 0.3) is 0 Å². The van der Waals surface area contributed by atoms with Crippen LogP contribution < -0.4 is 11.3 Å². The molecule has 0 aliphatic rings. The molecule has 0 saturated heterocycles. The summed E-state index contributed by atoms with van der Waals surface area (Å²) < 4.78 is 3.70. The molecule has 3 N–H and O–H groups in total. The van der Waals surface area contributed by atoms with Crippen LogP contribution >= 0.6 is 11.5 Å². The van der Waals surface area contributed by atoms with E-state index in [1.54, 1.807) is 0 Å². The van der Waals surface area contributed by atoms with Crippen LogP contribution in [0.5, 0.6) is 0 Å². The maximum absolute atomic E-state index is 5.05. The van der Waals surface area contributed by atoms with Gasteiger partial charge in [0.05, 0.1) is 5.69 Å². The fraction of sp³-hybridized carbons (Fsp3) is 0.500. The highest BCUT2D eigenvalue weighted by Crippen LogP contribution is 1.95. The van der Waals surface area contributed by atoms with Crippen molar-refractivity contribution >= 4 is 11.5 Å². The second-order valence-electron chi connectivity index (χ2n) is 1.60. The van der Waals surface area contributed by atoms with Crippen molar-refractivity contribution in [1.29, 1.82) is 0 Å². The summed E-state index contributed by atoms with van der Waals surface area (Å²) >= 11 is 1.36. The first-order valence-electron chi connectivity index (χ1n) is 2.63. The molecule has 0 atom stereocenters. The predicted molar refractivity (Wildman–Crippen MR) is 35.8 cm³/mol. The molecule has 1 aromatic heterocycles. The Bertz CT molecular complexity index is 150. The third kappa shape index (κ3) is 2.05. The number of aromatic nitrogens is 2. The Hall–Kier alpha value is -0.520. The molecule has 0 fully saturated rings. The number of nitrogens with zero attached hydrogens (tertiary/aromatic N) is 2. The van der Waals surface area contributed by atoms with Crippen LogP contribution in [0.2, 0.25) is 0 Å². The normalized spacial score (nSPS) is 9.89. The molecule has 0 amide bonds. The smallest absolute Gasteiger partial charge is 0.0768 e. The standard InChI is InChI=1S/C4H8N4S/c5-6-2-1-4-3-9-8-7-4/h3,6H,1-2,5H2. The highest BCUT2D eigenvalue weighted by Gasteiger charge is 1.92. The van der Waals surface area contributed by atoms with Gasteiger partial charge in [-0.15, -0.1) is 5.10 Å². The molecule has 0 unspecified atom stereocenters. The fourth-order valence-electron chi connectivity index (χ4n) is 0.493. The third-order valence-electron chi connectivity index (χ3n) is 0.931. The van der Waals surface area contributed by atoms with Gasteiger partial charge in [-0.3, -0.25) is 11.3 Å². The molecule has 5 heteroatoms. The number of nitrogens with two attached hydrogens (primary N) is 1. The summed E-state index contributed by atoms with van der Waals surface area (Å²) in [6.07, 6.45) is 0.854. The lowest BCUT2D eigenvalue weighted by molar-refractivity contribution is 0.717. The summed E-state index contributed by atoms with van der Waals surface area (Å²) in [5.41, 5.74) is 3.54. The minimum absolute atomic E-state index is 0.755. The molecule has 0 aliphatic carbocycles. The number of rotatable bonds is 3. The van der Waals surface area contributed by atoms with Gasteiger partial charge in [0.2, 0.25) is 0 Å². The molecule has 0 radical (unpaired) electrons. The van der Waals surface area contributed by atoms with Crippen LogP contribution in [0.4, 0.5) is 0 Å². The van der Waals surface area contributed by atoms with Gasteiger partial charge in [0.15, 0.2) is 0 Å². The summed E-state index contributed by atoms with van der Waals surface area (Å²) in [4.78, 5) is 0. The van der Waals surface area contributed by atoms with Gasteiger partial charge in [-0.2, -0.15) is 0 Å². The van der Waals surface area contributed by atoms with Gasteiger partial charge < -0.3 is 0 Å². The highest BCUT2D eigenvalue weighted by molar-refractivity contribution is 7.03. The summed E-state index contributed by atoms with van der Waals surface area (Å²) in [6.45, 7) is 0.755. The maximum Gasteiger partial charge on any atom is 0.0768 e. The first-order valence-corrected chi connectivity index (χ1v) is 3.46.